The predicted molar refractivity (Wildman–Crippen MR) is 108 cm³/mol. The molecule has 0 aromatic heterocycles. The van der Waals surface area contributed by atoms with E-state index in [-0.39, 0.29) is 0 Å². The van der Waals surface area contributed by atoms with E-state index in [1.807, 2.05) is 0 Å². The summed E-state index contributed by atoms with van der Waals surface area (Å²) in [6, 6.07) is 17.7. The Morgan fingerprint density at radius 2 is 1.33 bits per heavy atom. The fourth-order valence-corrected chi connectivity index (χ4v) is 4.55. The van der Waals surface area contributed by atoms with Gasteiger partial charge in [-0.1, -0.05) is 24.3 Å². The first-order valence-corrected chi connectivity index (χ1v) is 9.96. The Morgan fingerprint density at radius 3 is 1.93 bits per heavy atom. The number of rotatable bonds is 6. The quantitative estimate of drug-likeness (QED) is 0.776. The molecule has 2 aromatic carbocycles. The molecule has 2 atom stereocenters. The third kappa shape index (κ3) is 4.45. The summed E-state index contributed by atoms with van der Waals surface area (Å²) in [4.78, 5) is 5.35. The number of benzene rings is 2. The molecule has 4 heteroatoms. The number of nitrogens with zero attached hydrogens (tertiary/aromatic N) is 2. The van der Waals surface area contributed by atoms with Gasteiger partial charge in [-0.2, -0.15) is 0 Å². The molecule has 0 aliphatic carbocycles. The van der Waals surface area contributed by atoms with Crippen LogP contribution in [0.15, 0.2) is 48.5 Å². The normalized spacial score (nSPS) is 23.2. The highest BCUT2D eigenvalue weighted by Crippen LogP contribution is 2.30. The Kier molecular flexibility index (Phi) is 5.65. The van der Waals surface area contributed by atoms with E-state index in [9.17, 15) is 0 Å². The topological polar surface area (TPSA) is 24.9 Å². The smallest absolute Gasteiger partial charge is 0.118 e. The van der Waals surface area contributed by atoms with Crippen molar-refractivity contribution >= 4 is 0 Å². The average molecular weight is 367 g/mol. The van der Waals surface area contributed by atoms with Crippen molar-refractivity contribution in [1.82, 2.24) is 9.80 Å². The molecule has 3 saturated heterocycles. The Bertz CT molecular complexity index is 727. The van der Waals surface area contributed by atoms with Gasteiger partial charge in [0.15, 0.2) is 0 Å². The molecule has 0 amide bonds. The monoisotopic (exact) mass is 366 g/mol. The lowest BCUT2D eigenvalue weighted by atomic mass is 9.94. The molecule has 2 aromatic rings. The average Bonchev–Trinajstić information content (AvgIpc) is 3.00. The zero-order chi connectivity index (χ0) is 18.6. The van der Waals surface area contributed by atoms with E-state index in [0.717, 1.165) is 30.5 Å². The molecule has 5 rings (SSSR count). The van der Waals surface area contributed by atoms with Crippen molar-refractivity contribution in [1.29, 1.82) is 0 Å². The first-order chi connectivity index (χ1) is 13.2. The fourth-order valence-electron chi connectivity index (χ4n) is 4.55. The van der Waals surface area contributed by atoms with E-state index < -0.39 is 0 Å². The third-order valence-electron chi connectivity index (χ3n) is 6.01. The zero-order valence-electron chi connectivity index (χ0n) is 16.4. The van der Waals surface area contributed by atoms with Gasteiger partial charge < -0.3 is 9.47 Å². The number of fused-ring (bicyclic) bond motifs is 4. The van der Waals surface area contributed by atoms with Crippen LogP contribution in [0.1, 0.15) is 24.0 Å². The molecular weight excluding hydrogens is 336 g/mol. The van der Waals surface area contributed by atoms with Gasteiger partial charge in [0.2, 0.25) is 0 Å². The minimum Gasteiger partial charge on any atom is -0.497 e. The molecule has 3 fully saturated rings. The third-order valence-corrected chi connectivity index (χ3v) is 6.01. The molecule has 0 spiro atoms. The van der Waals surface area contributed by atoms with E-state index >= 15 is 0 Å². The Balaban J connectivity index is 1.40. The molecule has 0 unspecified atom stereocenters. The summed E-state index contributed by atoms with van der Waals surface area (Å²) in [5, 5.41) is 0. The Morgan fingerprint density at radius 1 is 0.741 bits per heavy atom. The van der Waals surface area contributed by atoms with Crippen LogP contribution in [-0.2, 0) is 13.1 Å². The second kappa shape index (κ2) is 8.32. The maximum Gasteiger partial charge on any atom is 0.118 e. The molecule has 27 heavy (non-hydrogen) atoms. The largest absolute Gasteiger partial charge is 0.497 e. The van der Waals surface area contributed by atoms with E-state index in [1.165, 1.54) is 43.6 Å². The molecular formula is C23H30N2O2. The number of ether oxygens (including phenoxy) is 2. The number of piperidine rings is 1. The summed E-state index contributed by atoms with van der Waals surface area (Å²) in [6.07, 6.45) is 2.68. The van der Waals surface area contributed by atoms with Crippen LogP contribution in [0.2, 0.25) is 0 Å². The molecule has 3 aliphatic rings. The molecule has 0 saturated carbocycles. The van der Waals surface area contributed by atoms with E-state index in [0.29, 0.717) is 6.04 Å². The fraction of sp³-hybridized carbons (Fsp3) is 0.478. The summed E-state index contributed by atoms with van der Waals surface area (Å²) < 4.78 is 10.6. The van der Waals surface area contributed by atoms with Gasteiger partial charge in [-0.3, -0.25) is 9.80 Å². The SMILES string of the molecule is COc1ccc(CN2C[C@@H]3CC[C@H](C2)N(Cc2ccc(OC)cc2)C3)cc1. The molecule has 4 nitrogen and oxygen atoms in total. The molecule has 3 heterocycles. The van der Waals surface area contributed by atoms with Crippen LogP contribution in [0.4, 0.5) is 0 Å². The van der Waals surface area contributed by atoms with Crippen LogP contribution >= 0.6 is 0 Å². The summed E-state index contributed by atoms with van der Waals surface area (Å²) in [5.41, 5.74) is 2.75. The van der Waals surface area contributed by atoms with Crippen LogP contribution in [0.5, 0.6) is 11.5 Å². The van der Waals surface area contributed by atoms with Gasteiger partial charge >= 0.3 is 0 Å². The lowest BCUT2D eigenvalue weighted by Crippen LogP contribution is -2.43. The second-order valence-corrected chi connectivity index (χ2v) is 7.92. The molecule has 3 aliphatic heterocycles. The zero-order valence-corrected chi connectivity index (χ0v) is 16.4. The maximum absolute atomic E-state index is 5.29. The molecule has 2 bridgehead atoms. The highest BCUT2D eigenvalue weighted by atomic mass is 16.5. The molecule has 144 valence electrons. The van der Waals surface area contributed by atoms with E-state index in [4.69, 9.17) is 9.47 Å². The van der Waals surface area contributed by atoms with Crippen molar-refractivity contribution in [3.63, 3.8) is 0 Å². The summed E-state index contributed by atoms with van der Waals surface area (Å²) in [6.45, 7) is 5.67. The first-order valence-electron chi connectivity index (χ1n) is 9.96. The van der Waals surface area contributed by atoms with Crippen LogP contribution in [-0.4, -0.2) is 49.7 Å². The molecule has 0 N–H and O–H groups in total. The lowest BCUT2D eigenvalue weighted by molar-refractivity contribution is 0.123. The van der Waals surface area contributed by atoms with Gasteiger partial charge in [0.05, 0.1) is 14.2 Å². The number of hydrogen-bond donors (Lipinski definition) is 0. The van der Waals surface area contributed by atoms with Gasteiger partial charge in [0.1, 0.15) is 11.5 Å². The second-order valence-electron chi connectivity index (χ2n) is 7.92. The van der Waals surface area contributed by atoms with Gasteiger partial charge in [0.25, 0.3) is 0 Å². The van der Waals surface area contributed by atoms with Gasteiger partial charge in [0, 0.05) is 38.8 Å². The van der Waals surface area contributed by atoms with Crippen molar-refractivity contribution in [2.75, 3.05) is 33.9 Å². The van der Waals surface area contributed by atoms with Gasteiger partial charge in [-0.05, 0) is 54.2 Å². The molecule has 0 radical (unpaired) electrons. The van der Waals surface area contributed by atoms with Crippen LogP contribution in [0.3, 0.4) is 0 Å². The lowest BCUT2D eigenvalue weighted by Gasteiger charge is -2.36. The Hall–Kier alpha value is -2.04. The van der Waals surface area contributed by atoms with Gasteiger partial charge in [-0.15, -0.1) is 0 Å². The minimum atomic E-state index is 0.657. The standard InChI is InChI=1S/C23H30N2O2/c1-26-22-9-4-18(5-10-22)13-24-14-20-3-8-21(17-24)25(16-20)15-19-6-11-23(27-2)12-7-19/h4-7,9-12,20-21H,3,8,13-17H2,1-2H3/t20-,21+/m0/s1. The highest BCUT2D eigenvalue weighted by molar-refractivity contribution is 5.28. The van der Waals surface area contributed by atoms with Crippen LogP contribution in [0, 0.1) is 5.92 Å². The van der Waals surface area contributed by atoms with Gasteiger partial charge in [-0.25, -0.2) is 0 Å². The summed E-state index contributed by atoms with van der Waals surface area (Å²) in [5.74, 6) is 2.64. The van der Waals surface area contributed by atoms with Crippen molar-refractivity contribution in [3.8, 4) is 11.5 Å². The van der Waals surface area contributed by atoms with E-state index in [2.05, 4.69) is 58.3 Å². The van der Waals surface area contributed by atoms with Crippen LogP contribution in [0.25, 0.3) is 0 Å². The van der Waals surface area contributed by atoms with E-state index in [1.54, 1.807) is 14.2 Å². The number of hydrogen-bond acceptors (Lipinski definition) is 4. The van der Waals surface area contributed by atoms with Crippen molar-refractivity contribution in [3.05, 3.63) is 59.7 Å². The maximum atomic E-state index is 5.29. The summed E-state index contributed by atoms with van der Waals surface area (Å²) in [7, 11) is 3.44. The first kappa shape index (κ1) is 18.3. The minimum absolute atomic E-state index is 0.657. The van der Waals surface area contributed by atoms with Crippen LogP contribution < -0.4 is 9.47 Å². The highest BCUT2D eigenvalue weighted by Gasteiger charge is 2.34. The van der Waals surface area contributed by atoms with Crippen molar-refractivity contribution < 1.29 is 9.47 Å². The predicted octanol–water partition coefficient (Wildman–Crippen LogP) is 3.80. The summed E-state index contributed by atoms with van der Waals surface area (Å²) >= 11 is 0. The Labute approximate surface area is 162 Å². The van der Waals surface area contributed by atoms with Crippen molar-refractivity contribution in [2.24, 2.45) is 5.92 Å². The van der Waals surface area contributed by atoms with Crippen molar-refractivity contribution in [2.45, 2.75) is 32.0 Å². The number of methoxy groups -OCH3 is 2.